The van der Waals surface area contributed by atoms with E-state index in [0.717, 1.165) is 27.8 Å². The fraction of sp³-hybridized carbons (Fsp3) is 0.105. The number of nitrogens with zero attached hydrogens (tertiary/aromatic N) is 1. The van der Waals surface area contributed by atoms with Gasteiger partial charge in [-0.1, -0.05) is 6.07 Å². The van der Waals surface area contributed by atoms with E-state index in [9.17, 15) is 9.59 Å². The van der Waals surface area contributed by atoms with Crippen molar-refractivity contribution < 1.29 is 9.59 Å². The predicted octanol–water partition coefficient (Wildman–Crippen LogP) is 3.37. The largest absolute Gasteiger partial charge is 0.326 e. The number of aromatic nitrogens is 1. The van der Waals surface area contributed by atoms with Crippen LogP contribution in [0.3, 0.4) is 0 Å². The van der Waals surface area contributed by atoms with Crippen LogP contribution in [0.4, 0.5) is 11.4 Å². The molecule has 5 nitrogen and oxygen atoms in total. The molecular weight excluding hydrogens is 302 g/mol. The second-order valence-corrected chi connectivity index (χ2v) is 5.75. The zero-order valence-corrected chi connectivity index (χ0v) is 12.9. The van der Waals surface area contributed by atoms with Crippen molar-refractivity contribution >= 4 is 34.1 Å². The zero-order valence-electron chi connectivity index (χ0n) is 12.9. The van der Waals surface area contributed by atoms with Crippen LogP contribution in [0.15, 0.2) is 54.7 Å². The van der Waals surface area contributed by atoms with Gasteiger partial charge < -0.3 is 10.6 Å². The Bertz CT molecular complexity index is 960. The smallest absolute Gasteiger partial charge is 0.255 e. The Kier molecular flexibility index (Phi) is 3.46. The molecule has 118 valence electrons. The highest BCUT2D eigenvalue weighted by Gasteiger charge is 2.17. The van der Waals surface area contributed by atoms with Gasteiger partial charge in [-0.05, 0) is 54.4 Å². The Labute approximate surface area is 138 Å². The van der Waals surface area contributed by atoms with Crippen molar-refractivity contribution in [1.29, 1.82) is 0 Å². The fourth-order valence-corrected chi connectivity index (χ4v) is 2.93. The molecular formula is C19H15N3O2. The summed E-state index contributed by atoms with van der Waals surface area (Å²) < 4.78 is 0. The van der Waals surface area contributed by atoms with Crippen molar-refractivity contribution in [2.24, 2.45) is 0 Å². The summed E-state index contributed by atoms with van der Waals surface area (Å²) in [6, 6.07) is 14.8. The molecule has 0 spiro atoms. The summed E-state index contributed by atoms with van der Waals surface area (Å²) in [7, 11) is 0. The lowest BCUT2D eigenvalue weighted by Gasteiger charge is -2.17. The van der Waals surface area contributed by atoms with Gasteiger partial charge in [0, 0.05) is 29.3 Å². The van der Waals surface area contributed by atoms with Gasteiger partial charge in [-0.15, -0.1) is 0 Å². The van der Waals surface area contributed by atoms with Crippen molar-refractivity contribution in [3.05, 3.63) is 65.9 Å². The summed E-state index contributed by atoms with van der Waals surface area (Å²) >= 11 is 0. The number of carbonyl (C=O) groups excluding carboxylic acids is 2. The number of rotatable bonds is 2. The molecule has 0 aliphatic carbocycles. The Hall–Kier alpha value is -3.21. The third-order valence-electron chi connectivity index (χ3n) is 4.16. The molecule has 1 aliphatic rings. The summed E-state index contributed by atoms with van der Waals surface area (Å²) in [5.41, 5.74) is 3.92. The maximum Gasteiger partial charge on any atom is 0.255 e. The first-order valence-corrected chi connectivity index (χ1v) is 7.78. The lowest BCUT2D eigenvalue weighted by Crippen LogP contribution is -2.20. The monoisotopic (exact) mass is 317 g/mol. The second kappa shape index (κ2) is 5.77. The Morgan fingerprint density at radius 1 is 1.08 bits per heavy atom. The summed E-state index contributed by atoms with van der Waals surface area (Å²) in [6.07, 6.45) is 2.83. The van der Waals surface area contributed by atoms with E-state index in [-0.39, 0.29) is 11.8 Å². The van der Waals surface area contributed by atoms with Crippen molar-refractivity contribution in [1.82, 2.24) is 4.98 Å². The van der Waals surface area contributed by atoms with E-state index in [1.165, 1.54) is 0 Å². The summed E-state index contributed by atoms with van der Waals surface area (Å²) in [4.78, 5) is 28.3. The average molecular weight is 317 g/mol. The number of benzene rings is 2. The van der Waals surface area contributed by atoms with Crippen LogP contribution in [0.5, 0.6) is 0 Å². The molecule has 0 atom stereocenters. The van der Waals surface area contributed by atoms with Crippen molar-refractivity contribution in [2.75, 3.05) is 10.6 Å². The molecule has 3 aromatic rings. The normalized spacial score (nSPS) is 13.2. The van der Waals surface area contributed by atoms with Crippen molar-refractivity contribution in [3.8, 4) is 0 Å². The van der Waals surface area contributed by atoms with Gasteiger partial charge in [-0.3, -0.25) is 14.6 Å². The average Bonchev–Trinajstić information content (AvgIpc) is 2.61. The molecule has 0 radical (unpaired) electrons. The highest BCUT2D eigenvalue weighted by Crippen LogP contribution is 2.25. The molecule has 5 heteroatoms. The quantitative estimate of drug-likeness (QED) is 0.761. The molecule has 2 N–H and O–H groups in total. The first-order valence-electron chi connectivity index (χ1n) is 7.78. The lowest BCUT2D eigenvalue weighted by atomic mass is 10.00. The van der Waals surface area contributed by atoms with E-state index >= 15 is 0 Å². The van der Waals surface area contributed by atoms with Gasteiger partial charge in [0.1, 0.15) is 0 Å². The number of aryl methyl sites for hydroxylation is 1. The van der Waals surface area contributed by atoms with Crippen molar-refractivity contribution in [3.63, 3.8) is 0 Å². The number of amides is 2. The van der Waals surface area contributed by atoms with E-state index < -0.39 is 0 Å². The molecule has 4 rings (SSSR count). The molecule has 0 unspecified atom stereocenters. The predicted molar refractivity (Wildman–Crippen MR) is 93.1 cm³/mol. The molecule has 1 aromatic heterocycles. The van der Waals surface area contributed by atoms with E-state index in [4.69, 9.17) is 0 Å². The zero-order chi connectivity index (χ0) is 16.5. The minimum atomic E-state index is -0.175. The third-order valence-corrected chi connectivity index (χ3v) is 4.16. The molecule has 2 aromatic carbocycles. The van der Waals surface area contributed by atoms with E-state index in [0.29, 0.717) is 18.4 Å². The number of anilines is 2. The van der Waals surface area contributed by atoms with Crippen LogP contribution >= 0.6 is 0 Å². The van der Waals surface area contributed by atoms with Gasteiger partial charge >= 0.3 is 0 Å². The van der Waals surface area contributed by atoms with Crippen LogP contribution in [0.25, 0.3) is 10.9 Å². The lowest BCUT2D eigenvalue weighted by molar-refractivity contribution is -0.116. The molecule has 24 heavy (non-hydrogen) atoms. The van der Waals surface area contributed by atoms with Gasteiger partial charge in [-0.2, -0.15) is 0 Å². The first kappa shape index (κ1) is 14.4. The molecule has 1 aliphatic heterocycles. The number of carbonyl (C=O) groups is 2. The Balaban J connectivity index is 1.63. The van der Waals surface area contributed by atoms with Crippen LogP contribution in [0.2, 0.25) is 0 Å². The van der Waals surface area contributed by atoms with Gasteiger partial charge in [0.25, 0.3) is 5.91 Å². The van der Waals surface area contributed by atoms with Crippen LogP contribution in [-0.2, 0) is 11.2 Å². The standard InChI is InChI=1S/C19H15N3O2/c23-18-9-7-12-11-13(6-8-15(12)21-18)19(24)22-17-5-1-4-16-14(17)3-2-10-20-16/h1-6,8,10-11H,7,9H2,(H,21,23)(H,22,24). The Morgan fingerprint density at radius 3 is 2.92 bits per heavy atom. The highest BCUT2D eigenvalue weighted by molar-refractivity contribution is 6.09. The number of fused-ring (bicyclic) bond motifs is 2. The summed E-state index contributed by atoms with van der Waals surface area (Å²) in [6.45, 7) is 0. The van der Waals surface area contributed by atoms with E-state index in [2.05, 4.69) is 15.6 Å². The van der Waals surface area contributed by atoms with Crippen LogP contribution in [0, 0.1) is 0 Å². The number of hydrogen-bond donors (Lipinski definition) is 2. The van der Waals surface area contributed by atoms with Crippen LogP contribution in [-0.4, -0.2) is 16.8 Å². The van der Waals surface area contributed by atoms with Gasteiger partial charge in [0.05, 0.1) is 11.2 Å². The molecule has 2 heterocycles. The molecule has 0 saturated carbocycles. The Morgan fingerprint density at radius 2 is 2.00 bits per heavy atom. The molecule has 2 amide bonds. The minimum absolute atomic E-state index is 0.0166. The summed E-state index contributed by atoms with van der Waals surface area (Å²) in [5, 5.41) is 6.67. The SMILES string of the molecule is O=C1CCc2cc(C(=O)Nc3cccc4ncccc34)ccc2N1. The fourth-order valence-electron chi connectivity index (χ4n) is 2.93. The van der Waals surface area contributed by atoms with Gasteiger partial charge in [0.15, 0.2) is 0 Å². The van der Waals surface area contributed by atoms with Gasteiger partial charge in [0.2, 0.25) is 5.91 Å². The topological polar surface area (TPSA) is 71.1 Å². The number of nitrogens with one attached hydrogen (secondary N) is 2. The van der Waals surface area contributed by atoms with Crippen molar-refractivity contribution in [2.45, 2.75) is 12.8 Å². The summed E-state index contributed by atoms with van der Waals surface area (Å²) in [5.74, 6) is -0.158. The minimum Gasteiger partial charge on any atom is -0.326 e. The van der Waals surface area contributed by atoms with Crippen LogP contribution < -0.4 is 10.6 Å². The first-order chi connectivity index (χ1) is 11.7. The van der Waals surface area contributed by atoms with E-state index in [1.54, 1.807) is 18.3 Å². The maximum absolute atomic E-state index is 12.6. The number of pyridine rings is 1. The molecule has 0 fully saturated rings. The third kappa shape index (κ3) is 2.60. The van der Waals surface area contributed by atoms with Gasteiger partial charge in [-0.25, -0.2) is 0 Å². The molecule has 0 saturated heterocycles. The van der Waals surface area contributed by atoms with Crippen LogP contribution in [0.1, 0.15) is 22.3 Å². The second-order valence-electron chi connectivity index (χ2n) is 5.75. The van der Waals surface area contributed by atoms with E-state index in [1.807, 2.05) is 36.4 Å². The maximum atomic E-state index is 12.6. The highest BCUT2D eigenvalue weighted by atomic mass is 16.2. The molecule has 0 bridgehead atoms. The number of hydrogen-bond acceptors (Lipinski definition) is 3.